The molecule has 0 bridgehead atoms. The number of nitrogens with one attached hydrogen (secondary N) is 1. The number of hydrogen-bond donors (Lipinski definition) is 1. The Morgan fingerprint density at radius 2 is 1.94 bits per heavy atom. The van der Waals surface area contributed by atoms with Crippen molar-refractivity contribution >= 4 is 27.1 Å². The Labute approximate surface area is 109 Å². The molecule has 1 saturated carbocycles. The molecule has 1 fully saturated rings. The molecule has 0 heterocycles. The smallest absolute Gasteiger partial charge is 0.341 e. The van der Waals surface area contributed by atoms with Crippen LogP contribution in [0.15, 0.2) is 29.2 Å². The fourth-order valence-corrected chi connectivity index (χ4v) is 2.86. The van der Waals surface area contributed by atoms with Crippen LogP contribution in [0, 0.1) is 0 Å². The van der Waals surface area contributed by atoms with E-state index in [2.05, 4.69) is 5.32 Å². The standard InChI is InChI=1S/C11H12ClF2NO2S/c12-7-11(5-6-11)15-8-3-1-2-4-9(8)18(16,17)10(13)14/h1-4,10,15H,5-7H2. The molecule has 0 unspecified atom stereocenters. The van der Waals surface area contributed by atoms with Gasteiger partial charge in [0, 0.05) is 5.88 Å². The second kappa shape index (κ2) is 4.66. The Morgan fingerprint density at radius 1 is 1.33 bits per heavy atom. The highest BCUT2D eigenvalue weighted by molar-refractivity contribution is 7.91. The highest BCUT2D eigenvalue weighted by Gasteiger charge is 2.43. The SMILES string of the molecule is O=S(=O)(c1ccccc1NC1(CCl)CC1)C(F)F. The van der Waals surface area contributed by atoms with Gasteiger partial charge >= 0.3 is 5.76 Å². The molecule has 0 radical (unpaired) electrons. The lowest BCUT2D eigenvalue weighted by Crippen LogP contribution is -2.25. The Kier molecular flexibility index (Phi) is 3.51. The molecule has 1 N–H and O–H groups in total. The molecule has 0 aromatic heterocycles. The van der Waals surface area contributed by atoms with Crippen LogP contribution in [-0.4, -0.2) is 25.6 Å². The van der Waals surface area contributed by atoms with Crippen LogP contribution >= 0.6 is 11.6 Å². The average Bonchev–Trinajstić information content (AvgIpc) is 3.10. The summed E-state index contributed by atoms with van der Waals surface area (Å²) >= 11 is 5.77. The van der Waals surface area contributed by atoms with Crippen molar-refractivity contribution in [1.82, 2.24) is 0 Å². The molecule has 100 valence electrons. The molecule has 7 heteroatoms. The zero-order valence-electron chi connectivity index (χ0n) is 9.37. The average molecular weight is 296 g/mol. The number of alkyl halides is 3. The van der Waals surface area contributed by atoms with E-state index in [9.17, 15) is 17.2 Å². The van der Waals surface area contributed by atoms with E-state index in [0.717, 1.165) is 12.8 Å². The van der Waals surface area contributed by atoms with Crippen molar-refractivity contribution in [2.24, 2.45) is 0 Å². The zero-order chi connectivity index (χ0) is 13.4. The van der Waals surface area contributed by atoms with E-state index in [4.69, 9.17) is 11.6 Å². The Hall–Kier alpha value is -0.880. The summed E-state index contributed by atoms with van der Waals surface area (Å²) in [6.45, 7) is 0. The number of benzene rings is 1. The normalized spacial score (nSPS) is 17.8. The van der Waals surface area contributed by atoms with Crippen molar-refractivity contribution < 1.29 is 17.2 Å². The predicted octanol–water partition coefficient (Wildman–Crippen LogP) is 2.87. The van der Waals surface area contributed by atoms with Gasteiger partial charge in [-0.2, -0.15) is 8.78 Å². The quantitative estimate of drug-likeness (QED) is 0.850. The van der Waals surface area contributed by atoms with Crippen molar-refractivity contribution in [2.75, 3.05) is 11.2 Å². The van der Waals surface area contributed by atoms with Crippen molar-refractivity contribution in [3.05, 3.63) is 24.3 Å². The second-order valence-corrected chi connectivity index (χ2v) is 6.49. The first-order valence-corrected chi connectivity index (χ1v) is 7.45. The highest BCUT2D eigenvalue weighted by Crippen LogP contribution is 2.41. The largest absolute Gasteiger partial charge is 0.377 e. The van der Waals surface area contributed by atoms with E-state index in [0.29, 0.717) is 5.88 Å². The number of hydrogen-bond acceptors (Lipinski definition) is 3. The van der Waals surface area contributed by atoms with Crippen molar-refractivity contribution in [2.45, 2.75) is 29.0 Å². The number of rotatable bonds is 5. The fourth-order valence-electron chi connectivity index (χ4n) is 1.64. The molecule has 0 amide bonds. The molecule has 0 atom stereocenters. The van der Waals surface area contributed by atoms with E-state index < -0.39 is 15.6 Å². The van der Waals surface area contributed by atoms with E-state index >= 15 is 0 Å². The molecule has 18 heavy (non-hydrogen) atoms. The Bertz CT molecular complexity index is 544. The molecule has 1 aliphatic carbocycles. The van der Waals surface area contributed by atoms with Crippen LogP contribution in [0.1, 0.15) is 12.8 Å². The minimum Gasteiger partial charge on any atom is -0.377 e. The fraction of sp³-hybridized carbons (Fsp3) is 0.455. The summed E-state index contributed by atoms with van der Waals surface area (Å²) in [5.74, 6) is -3.11. The maximum Gasteiger partial charge on any atom is 0.341 e. The number of halogens is 3. The summed E-state index contributed by atoms with van der Waals surface area (Å²) < 4.78 is 48.2. The van der Waals surface area contributed by atoms with Gasteiger partial charge in [-0.15, -0.1) is 11.6 Å². The topological polar surface area (TPSA) is 46.2 Å². The van der Waals surface area contributed by atoms with Gasteiger partial charge in [0.15, 0.2) is 0 Å². The van der Waals surface area contributed by atoms with Crippen molar-refractivity contribution in [3.8, 4) is 0 Å². The molecule has 1 aromatic rings. The lowest BCUT2D eigenvalue weighted by atomic mass is 10.2. The lowest BCUT2D eigenvalue weighted by molar-refractivity contribution is 0.235. The predicted molar refractivity (Wildman–Crippen MR) is 65.9 cm³/mol. The number of sulfone groups is 1. The first-order valence-electron chi connectivity index (χ1n) is 5.36. The van der Waals surface area contributed by atoms with Crippen LogP contribution in [0.4, 0.5) is 14.5 Å². The lowest BCUT2D eigenvalue weighted by Gasteiger charge is -2.18. The summed E-state index contributed by atoms with van der Waals surface area (Å²) in [5.41, 5.74) is -0.161. The number of anilines is 1. The summed E-state index contributed by atoms with van der Waals surface area (Å²) in [4.78, 5) is -0.378. The summed E-state index contributed by atoms with van der Waals surface area (Å²) in [6.07, 6.45) is 1.61. The molecule has 2 rings (SSSR count). The molecule has 3 nitrogen and oxygen atoms in total. The third kappa shape index (κ3) is 2.44. The monoisotopic (exact) mass is 295 g/mol. The van der Waals surface area contributed by atoms with Crippen LogP contribution in [0.5, 0.6) is 0 Å². The molecular formula is C11H12ClF2NO2S. The summed E-state index contributed by atoms with van der Waals surface area (Å²) in [5, 5.41) is 2.96. The molecule has 0 saturated heterocycles. The molecule has 1 aromatic carbocycles. The van der Waals surface area contributed by atoms with Gasteiger partial charge in [-0.05, 0) is 25.0 Å². The highest BCUT2D eigenvalue weighted by atomic mass is 35.5. The van der Waals surface area contributed by atoms with E-state index in [1.165, 1.54) is 18.2 Å². The van der Waals surface area contributed by atoms with E-state index in [1.54, 1.807) is 6.07 Å². The third-order valence-electron chi connectivity index (χ3n) is 2.94. The van der Waals surface area contributed by atoms with Crippen molar-refractivity contribution in [1.29, 1.82) is 0 Å². The minimum absolute atomic E-state index is 0.191. The molecule has 0 spiro atoms. The van der Waals surface area contributed by atoms with Gasteiger partial charge in [0.25, 0.3) is 0 Å². The zero-order valence-corrected chi connectivity index (χ0v) is 10.9. The van der Waals surface area contributed by atoms with Crippen LogP contribution < -0.4 is 5.32 Å². The minimum atomic E-state index is -4.60. The molecular weight excluding hydrogens is 284 g/mol. The first kappa shape index (κ1) is 13.5. The van der Waals surface area contributed by atoms with Gasteiger partial charge in [0.2, 0.25) is 9.84 Å². The van der Waals surface area contributed by atoms with Crippen LogP contribution in [0.25, 0.3) is 0 Å². The maximum absolute atomic E-state index is 12.6. The maximum atomic E-state index is 12.6. The number of para-hydroxylation sites is 1. The second-order valence-electron chi connectivity index (χ2n) is 4.34. The summed E-state index contributed by atoms with van der Waals surface area (Å²) in [7, 11) is -4.60. The van der Waals surface area contributed by atoms with Gasteiger partial charge in [0.05, 0.1) is 16.1 Å². The summed E-state index contributed by atoms with van der Waals surface area (Å²) in [6, 6.07) is 5.66. The van der Waals surface area contributed by atoms with Crippen LogP contribution in [0.3, 0.4) is 0 Å². The Balaban J connectivity index is 2.38. The first-order chi connectivity index (χ1) is 8.41. The Morgan fingerprint density at radius 3 is 2.44 bits per heavy atom. The van der Waals surface area contributed by atoms with Crippen LogP contribution in [0.2, 0.25) is 0 Å². The van der Waals surface area contributed by atoms with Gasteiger partial charge in [-0.1, -0.05) is 12.1 Å². The van der Waals surface area contributed by atoms with Gasteiger partial charge < -0.3 is 5.32 Å². The van der Waals surface area contributed by atoms with Gasteiger partial charge in [-0.25, -0.2) is 8.42 Å². The molecule has 0 aliphatic heterocycles. The van der Waals surface area contributed by atoms with E-state index in [-0.39, 0.29) is 16.1 Å². The van der Waals surface area contributed by atoms with Crippen LogP contribution in [-0.2, 0) is 9.84 Å². The van der Waals surface area contributed by atoms with E-state index in [1.807, 2.05) is 0 Å². The van der Waals surface area contributed by atoms with Crippen molar-refractivity contribution in [3.63, 3.8) is 0 Å². The molecule has 1 aliphatic rings. The van der Waals surface area contributed by atoms with Gasteiger partial charge in [-0.3, -0.25) is 0 Å². The van der Waals surface area contributed by atoms with Gasteiger partial charge in [0.1, 0.15) is 0 Å². The third-order valence-corrected chi connectivity index (χ3v) is 4.89.